The van der Waals surface area contributed by atoms with Crippen LogP contribution >= 0.6 is 0 Å². The summed E-state index contributed by atoms with van der Waals surface area (Å²) in [5, 5.41) is 20.9. The molecule has 0 aliphatic carbocycles. The van der Waals surface area contributed by atoms with Crippen molar-refractivity contribution in [3.8, 4) is 22.4 Å². The van der Waals surface area contributed by atoms with Gasteiger partial charge in [-0.3, -0.25) is 9.78 Å². The number of anilines is 2. The minimum absolute atomic E-state index is 0.00522. The molecular formula is C38H43F3N8O4. The summed E-state index contributed by atoms with van der Waals surface area (Å²) in [6, 6.07) is 14.4. The number of halogens is 3. The minimum Gasteiger partial charge on any atom is -0.444 e. The first-order valence-corrected chi connectivity index (χ1v) is 17.3. The van der Waals surface area contributed by atoms with Crippen molar-refractivity contribution in [2.45, 2.75) is 77.9 Å². The largest absolute Gasteiger partial charge is 0.444 e. The van der Waals surface area contributed by atoms with E-state index in [1.54, 1.807) is 80.5 Å². The van der Waals surface area contributed by atoms with Crippen LogP contribution in [0.25, 0.3) is 22.4 Å². The van der Waals surface area contributed by atoms with Crippen molar-refractivity contribution in [3.05, 3.63) is 94.0 Å². The van der Waals surface area contributed by atoms with Gasteiger partial charge in [0.15, 0.2) is 0 Å². The van der Waals surface area contributed by atoms with E-state index in [2.05, 4.69) is 26.0 Å². The van der Waals surface area contributed by atoms with Gasteiger partial charge in [-0.1, -0.05) is 31.0 Å². The molecule has 0 atom stereocenters. The summed E-state index contributed by atoms with van der Waals surface area (Å²) in [5.41, 5.74) is 3.00. The number of carbonyl (C=O) groups is 2. The lowest BCUT2D eigenvalue weighted by Crippen LogP contribution is -2.32. The van der Waals surface area contributed by atoms with Gasteiger partial charge in [0, 0.05) is 67.3 Å². The van der Waals surface area contributed by atoms with Gasteiger partial charge in [0.2, 0.25) is 0 Å². The third-order valence-electron chi connectivity index (χ3n) is 8.35. The standard InChI is InChI=1S/C38H43F3N8O4/c1-37(2,3)53-36(52)45-16-7-5-4-6-15-44-32-13-10-26(18-28(32)20-42)31-19-33(47-49(34(31)50)24-38(39,40)41)25-8-11-30(12-9-25)46-35(51)48-22-27-14-17-43-21-29(27)23-48/h8-14,17-21,42,44H,4-7,15-16,22-24H2,1-3H3,(H,45,52)(H,46,51). The Hall–Kier alpha value is -5.73. The maximum atomic E-state index is 13.6. The number of hydrogen-bond donors (Lipinski definition) is 4. The average molecular weight is 733 g/mol. The summed E-state index contributed by atoms with van der Waals surface area (Å²) in [6.07, 6.45) is 2.81. The number of benzene rings is 2. The smallest absolute Gasteiger partial charge is 0.408 e. The lowest BCUT2D eigenvalue weighted by atomic mass is 10.0. The molecule has 5 rings (SSSR count). The van der Waals surface area contributed by atoms with Crippen LogP contribution in [0.5, 0.6) is 0 Å². The third kappa shape index (κ3) is 10.9. The number of urea groups is 1. The van der Waals surface area contributed by atoms with E-state index in [1.165, 1.54) is 6.07 Å². The van der Waals surface area contributed by atoms with Crippen molar-refractivity contribution in [3.63, 3.8) is 0 Å². The third-order valence-corrected chi connectivity index (χ3v) is 8.35. The lowest BCUT2D eigenvalue weighted by molar-refractivity contribution is -0.143. The Bertz CT molecular complexity index is 1970. The predicted octanol–water partition coefficient (Wildman–Crippen LogP) is 7.58. The molecule has 2 aromatic carbocycles. The zero-order valence-corrected chi connectivity index (χ0v) is 29.8. The van der Waals surface area contributed by atoms with Gasteiger partial charge in [-0.25, -0.2) is 14.3 Å². The summed E-state index contributed by atoms with van der Waals surface area (Å²) in [4.78, 5) is 43.8. The van der Waals surface area contributed by atoms with Crippen LogP contribution < -0.4 is 21.5 Å². The van der Waals surface area contributed by atoms with E-state index in [0.29, 0.717) is 58.9 Å². The Labute approximate surface area is 305 Å². The predicted molar refractivity (Wildman–Crippen MR) is 197 cm³/mol. The molecule has 12 nitrogen and oxygen atoms in total. The molecule has 15 heteroatoms. The van der Waals surface area contributed by atoms with Crippen LogP contribution in [0.2, 0.25) is 0 Å². The summed E-state index contributed by atoms with van der Waals surface area (Å²) >= 11 is 0. The van der Waals surface area contributed by atoms with E-state index >= 15 is 0 Å². The number of rotatable bonds is 13. The number of alkyl halides is 3. The second-order valence-electron chi connectivity index (χ2n) is 13.7. The van der Waals surface area contributed by atoms with Gasteiger partial charge in [0.05, 0.1) is 11.3 Å². The number of fused-ring (bicyclic) bond motifs is 1. The number of nitrogens with one attached hydrogen (secondary N) is 4. The zero-order valence-electron chi connectivity index (χ0n) is 29.8. The Morgan fingerprint density at radius 2 is 1.62 bits per heavy atom. The molecule has 0 saturated heterocycles. The molecule has 1 aliphatic heterocycles. The summed E-state index contributed by atoms with van der Waals surface area (Å²) in [5.74, 6) is 0. The Kier molecular flexibility index (Phi) is 12.2. The molecule has 53 heavy (non-hydrogen) atoms. The molecule has 4 aromatic rings. The van der Waals surface area contributed by atoms with E-state index in [1.807, 2.05) is 6.07 Å². The molecule has 1 aliphatic rings. The minimum atomic E-state index is -4.70. The van der Waals surface area contributed by atoms with E-state index in [4.69, 9.17) is 10.1 Å². The molecule has 3 heterocycles. The maximum Gasteiger partial charge on any atom is 0.408 e. The van der Waals surface area contributed by atoms with Crippen LogP contribution in [0, 0.1) is 5.41 Å². The molecule has 3 amide bonds. The van der Waals surface area contributed by atoms with E-state index < -0.39 is 30.0 Å². The molecule has 4 N–H and O–H groups in total. The number of aromatic nitrogens is 3. The number of amides is 3. The van der Waals surface area contributed by atoms with Gasteiger partial charge in [0.1, 0.15) is 12.1 Å². The number of carbonyl (C=O) groups excluding carboxylic acids is 2. The fourth-order valence-electron chi connectivity index (χ4n) is 5.80. The van der Waals surface area contributed by atoms with E-state index in [-0.39, 0.29) is 17.3 Å². The Morgan fingerprint density at radius 1 is 0.925 bits per heavy atom. The van der Waals surface area contributed by atoms with Gasteiger partial charge < -0.3 is 31.0 Å². The molecule has 0 spiro atoms. The SMILES string of the molecule is CC(C)(C)OC(=O)NCCCCCCNc1ccc(-c2cc(-c3ccc(NC(=O)N4Cc5ccncc5C4)cc3)nn(CC(F)(F)F)c2=O)cc1C=N. The molecule has 0 radical (unpaired) electrons. The van der Waals surface area contributed by atoms with Crippen molar-refractivity contribution in [1.29, 1.82) is 5.41 Å². The molecule has 0 saturated carbocycles. The number of hydrogen-bond acceptors (Lipinski definition) is 8. The number of pyridine rings is 1. The number of nitrogens with zero attached hydrogens (tertiary/aromatic N) is 4. The highest BCUT2D eigenvalue weighted by atomic mass is 19.4. The Balaban J connectivity index is 1.24. The second kappa shape index (κ2) is 16.7. The summed E-state index contributed by atoms with van der Waals surface area (Å²) in [6.45, 7) is 5.83. The number of ether oxygens (including phenoxy) is 1. The number of unbranched alkanes of at least 4 members (excludes halogenated alkanes) is 3. The highest BCUT2D eigenvalue weighted by molar-refractivity contribution is 5.90. The van der Waals surface area contributed by atoms with E-state index in [9.17, 15) is 27.6 Å². The fourth-order valence-corrected chi connectivity index (χ4v) is 5.80. The molecule has 0 unspecified atom stereocenters. The topological polar surface area (TPSA) is 154 Å². The lowest BCUT2D eigenvalue weighted by Gasteiger charge is -2.19. The summed E-state index contributed by atoms with van der Waals surface area (Å²) < 4.78 is 46.3. The van der Waals surface area contributed by atoms with Crippen LogP contribution in [0.3, 0.4) is 0 Å². The Morgan fingerprint density at radius 3 is 2.30 bits per heavy atom. The van der Waals surface area contributed by atoms with Crippen LogP contribution in [0.15, 0.2) is 71.8 Å². The number of alkyl carbamates (subject to hydrolysis) is 1. The molecule has 0 bridgehead atoms. The maximum absolute atomic E-state index is 13.6. The van der Waals surface area contributed by atoms with E-state index in [0.717, 1.165) is 43.0 Å². The van der Waals surface area contributed by atoms with Crippen molar-refractivity contribution in [1.82, 2.24) is 25.0 Å². The first-order chi connectivity index (χ1) is 25.2. The van der Waals surface area contributed by atoms with Crippen LogP contribution in [-0.2, 0) is 24.4 Å². The fraction of sp³-hybridized carbons (Fsp3) is 0.368. The average Bonchev–Trinajstić information content (AvgIpc) is 3.54. The summed E-state index contributed by atoms with van der Waals surface area (Å²) in [7, 11) is 0. The van der Waals surface area contributed by atoms with Crippen molar-refractivity contribution >= 4 is 29.7 Å². The second-order valence-corrected chi connectivity index (χ2v) is 13.7. The van der Waals surface area contributed by atoms with Crippen LogP contribution in [0.1, 0.15) is 63.1 Å². The zero-order chi connectivity index (χ0) is 38.2. The highest BCUT2D eigenvalue weighted by Crippen LogP contribution is 2.28. The van der Waals surface area contributed by atoms with Gasteiger partial charge in [-0.2, -0.15) is 18.3 Å². The molecular weight excluding hydrogens is 689 g/mol. The molecule has 280 valence electrons. The van der Waals surface area contributed by atoms with Crippen LogP contribution in [0.4, 0.5) is 34.1 Å². The first kappa shape index (κ1) is 38.5. The first-order valence-electron chi connectivity index (χ1n) is 17.3. The van der Waals surface area contributed by atoms with Crippen molar-refractivity contribution in [2.24, 2.45) is 0 Å². The quantitative estimate of drug-likeness (QED) is 0.0817. The molecule has 2 aromatic heterocycles. The molecule has 0 fully saturated rings. The van der Waals surface area contributed by atoms with Gasteiger partial charge in [-0.15, -0.1) is 0 Å². The highest BCUT2D eigenvalue weighted by Gasteiger charge is 2.30. The van der Waals surface area contributed by atoms with Crippen molar-refractivity contribution < 1.29 is 27.5 Å². The van der Waals surface area contributed by atoms with Crippen molar-refractivity contribution in [2.75, 3.05) is 23.7 Å². The monoisotopic (exact) mass is 732 g/mol. The normalized spacial score (nSPS) is 12.6. The van der Waals surface area contributed by atoms with Gasteiger partial charge >= 0.3 is 18.3 Å². The van der Waals surface area contributed by atoms with Gasteiger partial charge in [0.25, 0.3) is 5.56 Å². The van der Waals surface area contributed by atoms with Crippen LogP contribution in [-0.4, -0.2) is 62.9 Å². The van der Waals surface area contributed by atoms with Gasteiger partial charge in [-0.05, 0) is 86.7 Å².